The van der Waals surface area contributed by atoms with Crippen molar-refractivity contribution in [1.29, 1.82) is 0 Å². The Morgan fingerprint density at radius 1 is 1.35 bits per heavy atom. The number of halogens is 1. The third-order valence-corrected chi connectivity index (χ3v) is 4.00. The molecular weight excluding hydrogens is 360 g/mol. The number of amides is 1. The average Bonchev–Trinajstić information content (AvgIpc) is 2.51. The molecule has 1 atom stereocenters. The Morgan fingerprint density at radius 3 is 2.57 bits per heavy atom. The van der Waals surface area contributed by atoms with Gasteiger partial charge in [0.15, 0.2) is 0 Å². The van der Waals surface area contributed by atoms with E-state index in [1.54, 1.807) is 4.90 Å². The van der Waals surface area contributed by atoms with Gasteiger partial charge in [-0.2, -0.15) is 0 Å². The second-order valence-corrected chi connectivity index (χ2v) is 7.55. The molecule has 1 rings (SSSR count). The summed E-state index contributed by atoms with van der Waals surface area (Å²) < 4.78 is 5.33. The van der Waals surface area contributed by atoms with Crippen molar-refractivity contribution in [1.82, 2.24) is 10.2 Å². The van der Waals surface area contributed by atoms with E-state index in [2.05, 4.69) is 21.2 Å². The first-order chi connectivity index (χ1) is 10.8. The summed E-state index contributed by atoms with van der Waals surface area (Å²) in [5.74, 6) is 0. The van der Waals surface area contributed by atoms with Gasteiger partial charge in [-0.1, -0.05) is 22.4 Å². The summed E-state index contributed by atoms with van der Waals surface area (Å²) in [6, 6.07) is 0.409. The van der Waals surface area contributed by atoms with Crippen molar-refractivity contribution < 1.29 is 14.3 Å². The molecule has 0 aromatic heterocycles. The molecule has 0 aromatic rings. The van der Waals surface area contributed by atoms with Crippen LogP contribution in [-0.2, 0) is 9.53 Å². The standard InChI is InChI=1S/C11H22N2O2.C6H11BrO/c1-11(2,3)15-10(14)13-7-5-6-9(8-13)12-4;7-5-3-1-2-4-6-8/h9,12H,5-8H2,1-4H3;6H,1-5H2. The Labute approximate surface area is 149 Å². The molecule has 136 valence electrons. The first-order valence-corrected chi connectivity index (χ1v) is 9.61. The summed E-state index contributed by atoms with van der Waals surface area (Å²) in [7, 11) is 1.93. The van der Waals surface area contributed by atoms with Crippen molar-refractivity contribution in [2.45, 2.75) is 70.9 Å². The summed E-state index contributed by atoms with van der Waals surface area (Å²) in [4.78, 5) is 23.3. The fourth-order valence-electron chi connectivity index (χ4n) is 2.20. The molecule has 1 N–H and O–H groups in total. The van der Waals surface area contributed by atoms with E-state index in [9.17, 15) is 9.59 Å². The number of rotatable bonds is 6. The Morgan fingerprint density at radius 2 is 2.04 bits per heavy atom. The number of likely N-dealkylation sites (tertiary alicyclic amines) is 1. The molecule has 1 aliphatic rings. The van der Waals surface area contributed by atoms with Crippen molar-refractivity contribution in [2.24, 2.45) is 0 Å². The van der Waals surface area contributed by atoms with Crippen molar-refractivity contribution in [3.8, 4) is 0 Å². The highest BCUT2D eigenvalue weighted by atomic mass is 79.9. The van der Waals surface area contributed by atoms with Crippen LogP contribution in [-0.4, -0.2) is 54.4 Å². The Bertz CT molecular complexity index is 332. The lowest BCUT2D eigenvalue weighted by molar-refractivity contribution is -0.107. The normalized spacial score (nSPS) is 18.0. The Hall–Kier alpha value is -0.620. The third kappa shape index (κ3) is 12.5. The van der Waals surface area contributed by atoms with Crippen molar-refractivity contribution >= 4 is 28.3 Å². The number of likely N-dealkylation sites (N-methyl/N-ethyl adjacent to an activating group) is 1. The average molecular weight is 393 g/mol. The van der Waals surface area contributed by atoms with Crippen molar-refractivity contribution in [2.75, 3.05) is 25.5 Å². The molecule has 1 unspecified atom stereocenters. The maximum atomic E-state index is 11.8. The van der Waals surface area contributed by atoms with E-state index in [4.69, 9.17) is 4.74 Å². The summed E-state index contributed by atoms with van der Waals surface area (Å²) in [6.07, 6.45) is 7.11. The van der Waals surface area contributed by atoms with Crippen LogP contribution >= 0.6 is 15.9 Å². The summed E-state index contributed by atoms with van der Waals surface area (Å²) in [6.45, 7) is 7.25. The molecule has 0 aliphatic carbocycles. The molecular formula is C17H33BrN2O3. The van der Waals surface area contributed by atoms with Crippen LogP contribution < -0.4 is 5.32 Å². The monoisotopic (exact) mass is 392 g/mol. The molecule has 6 heteroatoms. The molecule has 0 spiro atoms. The van der Waals surface area contributed by atoms with Gasteiger partial charge in [-0.3, -0.25) is 0 Å². The predicted molar refractivity (Wildman–Crippen MR) is 98.2 cm³/mol. The number of ether oxygens (including phenoxy) is 1. The van der Waals surface area contributed by atoms with E-state index >= 15 is 0 Å². The molecule has 1 amide bonds. The van der Waals surface area contributed by atoms with Gasteiger partial charge in [-0.05, 0) is 53.5 Å². The first-order valence-electron chi connectivity index (χ1n) is 8.48. The molecule has 0 radical (unpaired) electrons. The number of piperidine rings is 1. The minimum absolute atomic E-state index is 0.192. The smallest absolute Gasteiger partial charge is 0.410 e. The molecule has 23 heavy (non-hydrogen) atoms. The zero-order valence-corrected chi connectivity index (χ0v) is 16.7. The number of alkyl halides is 1. The Balaban J connectivity index is 0.000000515. The number of hydrogen-bond acceptors (Lipinski definition) is 4. The molecule has 1 heterocycles. The van der Waals surface area contributed by atoms with Crippen LogP contribution in [0.1, 0.15) is 59.3 Å². The summed E-state index contributed by atoms with van der Waals surface area (Å²) in [5, 5.41) is 4.26. The molecule has 1 saturated heterocycles. The van der Waals surface area contributed by atoms with Crippen LogP contribution in [0.4, 0.5) is 4.79 Å². The van der Waals surface area contributed by atoms with Gasteiger partial charge in [-0.15, -0.1) is 0 Å². The van der Waals surface area contributed by atoms with Gasteiger partial charge in [0.25, 0.3) is 0 Å². The lowest BCUT2D eigenvalue weighted by Crippen LogP contribution is -2.48. The van der Waals surface area contributed by atoms with Gasteiger partial charge in [0, 0.05) is 30.9 Å². The fourth-order valence-corrected chi connectivity index (χ4v) is 2.60. The van der Waals surface area contributed by atoms with E-state index in [1.807, 2.05) is 27.8 Å². The summed E-state index contributed by atoms with van der Waals surface area (Å²) in [5.41, 5.74) is -0.399. The van der Waals surface area contributed by atoms with E-state index in [0.29, 0.717) is 6.04 Å². The molecule has 0 bridgehead atoms. The number of unbranched alkanes of at least 4 members (excludes halogenated alkanes) is 3. The second-order valence-electron chi connectivity index (χ2n) is 6.76. The maximum absolute atomic E-state index is 11.8. The largest absolute Gasteiger partial charge is 0.444 e. The number of carbonyl (C=O) groups is 2. The van der Waals surface area contributed by atoms with Gasteiger partial charge in [0.05, 0.1) is 0 Å². The number of carbonyl (C=O) groups excluding carboxylic acids is 2. The lowest BCUT2D eigenvalue weighted by Gasteiger charge is -2.33. The van der Waals surface area contributed by atoms with Gasteiger partial charge in [-0.25, -0.2) is 4.79 Å². The number of nitrogens with one attached hydrogen (secondary N) is 1. The zero-order chi connectivity index (χ0) is 17.7. The quantitative estimate of drug-likeness (QED) is 0.424. The fraction of sp³-hybridized carbons (Fsp3) is 0.882. The van der Waals surface area contributed by atoms with Gasteiger partial charge in [0.2, 0.25) is 0 Å². The third-order valence-electron chi connectivity index (χ3n) is 3.44. The molecule has 0 saturated carbocycles. The molecule has 5 nitrogen and oxygen atoms in total. The van der Waals surface area contributed by atoms with Crippen LogP contribution in [0.3, 0.4) is 0 Å². The van der Waals surface area contributed by atoms with E-state index in [0.717, 1.165) is 50.4 Å². The van der Waals surface area contributed by atoms with E-state index in [1.165, 1.54) is 12.8 Å². The molecule has 0 aromatic carbocycles. The van der Waals surface area contributed by atoms with Crippen molar-refractivity contribution in [3.05, 3.63) is 0 Å². The predicted octanol–water partition coefficient (Wildman–Crippen LogP) is 3.75. The number of hydrogen-bond donors (Lipinski definition) is 1. The minimum Gasteiger partial charge on any atom is -0.444 e. The van der Waals surface area contributed by atoms with Crippen molar-refractivity contribution in [3.63, 3.8) is 0 Å². The lowest BCUT2D eigenvalue weighted by atomic mass is 10.1. The Kier molecular flexibility index (Phi) is 12.4. The second kappa shape index (κ2) is 12.8. The SMILES string of the molecule is CNC1CCCN(C(=O)OC(C)(C)C)C1.O=CCCCCCBr. The van der Waals surface area contributed by atoms with Crippen LogP contribution in [0.25, 0.3) is 0 Å². The van der Waals surface area contributed by atoms with Gasteiger partial charge in [0.1, 0.15) is 11.9 Å². The highest BCUT2D eigenvalue weighted by Gasteiger charge is 2.26. The van der Waals surface area contributed by atoms with Crippen LogP contribution in [0.2, 0.25) is 0 Å². The minimum atomic E-state index is -0.399. The highest BCUT2D eigenvalue weighted by Crippen LogP contribution is 2.14. The van der Waals surface area contributed by atoms with E-state index < -0.39 is 5.60 Å². The summed E-state index contributed by atoms with van der Waals surface area (Å²) >= 11 is 3.31. The molecule has 1 aliphatic heterocycles. The first kappa shape index (κ1) is 22.4. The van der Waals surface area contributed by atoms with E-state index in [-0.39, 0.29) is 6.09 Å². The van der Waals surface area contributed by atoms with Crippen LogP contribution in [0.15, 0.2) is 0 Å². The van der Waals surface area contributed by atoms with Gasteiger partial charge >= 0.3 is 6.09 Å². The van der Waals surface area contributed by atoms with Gasteiger partial charge < -0.3 is 19.7 Å². The highest BCUT2D eigenvalue weighted by molar-refractivity contribution is 9.09. The zero-order valence-electron chi connectivity index (χ0n) is 15.1. The topological polar surface area (TPSA) is 58.6 Å². The maximum Gasteiger partial charge on any atom is 0.410 e. The number of aldehydes is 1. The van der Waals surface area contributed by atoms with Crippen LogP contribution in [0, 0.1) is 0 Å². The molecule has 1 fully saturated rings. The number of nitrogens with zero attached hydrogens (tertiary/aromatic N) is 1. The van der Waals surface area contributed by atoms with Crippen LogP contribution in [0.5, 0.6) is 0 Å².